The number of halogens is 1. The summed E-state index contributed by atoms with van der Waals surface area (Å²) in [6.07, 6.45) is 2.42. The van der Waals surface area contributed by atoms with E-state index in [2.05, 4.69) is 10.3 Å². The zero-order chi connectivity index (χ0) is 23.5. The molecule has 4 rings (SSSR count). The lowest BCUT2D eigenvalue weighted by atomic mass is 10.1. The van der Waals surface area contributed by atoms with Crippen LogP contribution in [-0.4, -0.2) is 58.4 Å². The van der Waals surface area contributed by atoms with E-state index in [1.165, 1.54) is 47.1 Å². The van der Waals surface area contributed by atoms with E-state index < -0.39 is 29.0 Å². The summed E-state index contributed by atoms with van der Waals surface area (Å²) in [6, 6.07) is 4.42. The summed E-state index contributed by atoms with van der Waals surface area (Å²) in [4.78, 5) is 38.3. The second kappa shape index (κ2) is 9.14. The third kappa shape index (κ3) is 5.02. The molecule has 0 radical (unpaired) electrons. The Hall–Kier alpha value is -4.16. The van der Waals surface area contributed by atoms with Gasteiger partial charge in [0, 0.05) is 17.5 Å². The molecule has 33 heavy (non-hydrogen) atoms. The molecule has 1 N–H and O–H groups in total. The number of nitro groups is 1. The quantitative estimate of drug-likeness (QED) is 0.375. The number of cyclic esters (lactones) is 1. The Morgan fingerprint density at radius 3 is 3.00 bits per heavy atom. The first-order valence-electron chi connectivity index (χ1n) is 9.98. The molecule has 2 atom stereocenters. The number of carbonyl (C=O) groups excluding carboxylic acids is 2. The third-order valence-electron chi connectivity index (χ3n) is 4.98. The number of benzene rings is 1. The third-order valence-corrected chi connectivity index (χ3v) is 4.98. The maximum absolute atomic E-state index is 14.6. The van der Waals surface area contributed by atoms with Crippen molar-refractivity contribution in [3.8, 4) is 6.01 Å². The molecule has 2 aliphatic heterocycles. The van der Waals surface area contributed by atoms with Gasteiger partial charge in [-0.2, -0.15) is 0 Å². The summed E-state index contributed by atoms with van der Waals surface area (Å²) in [5.41, 5.74) is 0.563. The summed E-state index contributed by atoms with van der Waals surface area (Å²) in [5, 5.41) is 13.4. The number of amides is 2. The largest absolute Gasteiger partial charge is 0.493 e. The number of carbonyl (C=O) groups is 2. The van der Waals surface area contributed by atoms with E-state index in [9.17, 15) is 24.1 Å². The number of aromatic nitrogens is 2. The van der Waals surface area contributed by atoms with Crippen molar-refractivity contribution in [2.24, 2.45) is 0 Å². The van der Waals surface area contributed by atoms with Crippen molar-refractivity contribution >= 4 is 29.6 Å². The normalized spacial score (nSPS) is 19.7. The fraction of sp³-hybridized carbons (Fsp3) is 0.350. The maximum atomic E-state index is 14.6. The molecule has 13 heteroatoms. The van der Waals surface area contributed by atoms with Crippen LogP contribution in [0.1, 0.15) is 12.5 Å². The van der Waals surface area contributed by atoms with Gasteiger partial charge in [0.15, 0.2) is 0 Å². The van der Waals surface area contributed by atoms with Gasteiger partial charge in [-0.3, -0.25) is 14.3 Å². The minimum absolute atomic E-state index is 0.136. The Bertz CT molecular complexity index is 1120. The number of rotatable bonds is 7. The van der Waals surface area contributed by atoms with Gasteiger partial charge >= 0.3 is 17.9 Å². The molecule has 1 aromatic heterocycles. The van der Waals surface area contributed by atoms with Crippen molar-refractivity contribution in [3.05, 3.63) is 52.2 Å². The van der Waals surface area contributed by atoms with Crippen molar-refractivity contribution in [1.82, 2.24) is 14.9 Å². The van der Waals surface area contributed by atoms with Gasteiger partial charge in [0.2, 0.25) is 5.91 Å². The Morgan fingerprint density at radius 1 is 1.45 bits per heavy atom. The van der Waals surface area contributed by atoms with E-state index in [1.54, 1.807) is 6.07 Å². The highest BCUT2D eigenvalue weighted by atomic mass is 19.1. The van der Waals surface area contributed by atoms with Crippen molar-refractivity contribution < 1.29 is 33.1 Å². The molecule has 0 unspecified atom stereocenters. The van der Waals surface area contributed by atoms with E-state index in [1.807, 2.05) is 0 Å². The van der Waals surface area contributed by atoms with E-state index in [0.717, 1.165) is 0 Å². The van der Waals surface area contributed by atoms with E-state index in [4.69, 9.17) is 14.2 Å². The zero-order valence-electron chi connectivity index (χ0n) is 17.5. The number of ether oxygens (including phenoxy) is 3. The van der Waals surface area contributed by atoms with Crippen LogP contribution < -0.4 is 15.0 Å². The molecule has 174 valence electrons. The van der Waals surface area contributed by atoms with E-state index in [-0.39, 0.29) is 43.0 Å². The number of anilines is 1. The van der Waals surface area contributed by atoms with Crippen LogP contribution in [0, 0.1) is 15.9 Å². The average Bonchev–Trinajstić information content (AvgIpc) is 3.36. The lowest BCUT2D eigenvalue weighted by Gasteiger charge is -2.21. The Balaban J connectivity index is 1.34. The highest BCUT2D eigenvalue weighted by molar-refractivity contribution is 5.90. The standard InChI is InChI=1S/C20H20FN5O7/c1-12(27)22-7-15-9-25(20(28)33-15)14-3-2-13(17(21)6-14)4-5-31-16-8-24-10-18(26(29)30)23-19(24)32-11-16/h2-6,10,15-16H,7-9,11H2,1H3,(H,22,27)/b5-4+/t15-,16-/m0/s1. The van der Waals surface area contributed by atoms with Crippen molar-refractivity contribution in [3.63, 3.8) is 0 Å². The Labute approximate surface area is 186 Å². The number of nitrogens with zero attached hydrogens (tertiary/aromatic N) is 4. The molecule has 1 fully saturated rings. The highest BCUT2D eigenvalue weighted by Crippen LogP contribution is 2.25. The number of fused-ring (bicyclic) bond motifs is 1. The summed E-state index contributed by atoms with van der Waals surface area (Å²) in [7, 11) is 0. The molecule has 2 amide bonds. The Kier molecular flexibility index (Phi) is 6.11. The van der Waals surface area contributed by atoms with Crippen LogP contribution in [0.25, 0.3) is 6.08 Å². The predicted molar refractivity (Wildman–Crippen MR) is 111 cm³/mol. The zero-order valence-corrected chi connectivity index (χ0v) is 17.5. The maximum Gasteiger partial charge on any atom is 0.414 e. The summed E-state index contributed by atoms with van der Waals surface area (Å²) >= 11 is 0. The minimum Gasteiger partial charge on any atom is -0.493 e. The molecular weight excluding hydrogens is 441 g/mol. The molecule has 1 aromatic carbocycles. The molecule has 0 saturated carbocycles. The second-order valence-corrected chi connectivity index (χ2v) is 7.42. The number of imidazole rings is 1. The fourth-order valence-electron chi connectivity index (χ4n) is 3.38. The van der Waals surface area contributed by atoms with Gasteiger partial charge in [0.25, 0.3) is 0 Å². The number of hydrogen-bond donors (Lipinski definition) is 1. The van der Waals surface area contributed by atoms with Crippen LogP contribution in [0.5, 0.6) is 6.01 Å². The average molecular weight is 461 g/mol. The van der Waals surface area contributed by atoms with Gasteiger partial charge in [-0.15, -0.1) is 0 Å². The fourth-order valence-corrected chi connectivity index (χ4v) is 3.38. The molecule has 3 heterocycles. The Morgan fingerprint density at radius 2 is 2.27 bits per heavy atom. The van der Waals surface area contributed by atoms with Crippen molar-refractivity contribution in [1.29, 1.82) is 0 Å². The van der Waals surface area contributed by atoms with Gasteiger partial charge in [0.05, 0.1) is 31.6 Å². The highest BCUT2D eigenvalue weighted by Gasteiger charge is 2.32. The van der Waals surface area contributed by atoms with Gasteiger partial charge in [-0.05, 0) is 29.2 Å². The van der Waals surface area contributed by atoms with Gasteiger partial charge in [-0.25, -0.2) is 9.18 Å². The van der Waals surface area contributed by atoms with E-state index in [0.29, 0.717) is 12.2 Å². The minimum atomic E-state index is -0.618. The van der Waals surface area contributed by atoms with Crippen LogP contribution in [0.2, 0.25) is 0 Å². The van der Waals surface area contributed by atoms with Crippen LogP contribution >= 0.6 is 0 Å². The van der Waals surface area contributed by atoms with Crippen LogP contribution in [0.4, 0.5) is 20.7 Å². The molecule has 0 bridgehead atoms. The predicted octanol–water partition coefficient (Wildman–Crippen LogP) is 1.84. The molecular formula is C20H20FN5O7. The molecule has 1 saturated heterocycles. The number of hydrogen-bond acceptors (Lipinski definition) is 8. The van der Waals surface area contributed by atoms with E-state index >= 15 is 0 Å². The first-order valence-corrected chi connectivity index (χ1v) is 9.98. The van der Waals surface area contributed by atoms with Crippen molar-refractivity contribution in [2.75, 3.05) is 24.6 Å². The molecule has 2 aromatic rings. The molecule has 2 aliphatic rings. The van der Waals surface area contributed by atoms with Crippen LogP contribution in [0.3, 0.4) is 0 Å². The lowest BCUT2D eigenvalue weighted by molar-refractivity contribution is -0.389. The van der Waals surface area contributed by atoms with Gasteiger partial charge in [0.1, 0.15) is 30.8 Å². The summed E-state index contributed by atoms with van der Waals surface area (Å²) in [5.74, 6) is -1.12. The topological polar surface area (TPSA) is 138 Å². The van der Waals surface area contributed by atoms with Gasteiger partial charge in [-0.1, -0.05) is 0 Å². The lowest BCUT2D eigenvalue weighted by Crippen LogP contribution is -2.33. The first kappa shape index (κ1) is 22.0. The number of nitrogens with one attached hydrogen (secondary N) is 1. The van der Waals surface area contributed by atoms with Crippen LogP contribution in [0.15, 0.2) is 30.7 Å². The monoisotopic (exact) mass is 461 g/mol. The SMILES string of the molecule is CC(=O)NC[C@H]1CN(c2ccc(/C=C/O[C@@H]3COc4nc([N+](=O)[O-])cn4C3)c(F)c2)C(=O)O1. The molecule has 0 spiro atoms. The smallest absolute Gasteiger partial charge is 0.414 e. The van der Waals surface area contributed by atoms with Gasteiger partial charge < -0.3 is 29.6 Å². The summed E-state index contributed by atoms with van der Waals surface area (Å²) < 4.78 is 32.2. The van der Waals surface area contributed by atoms with Crippen molar-refractivity contribution in [2.45, 2.75) is 25.7 Å². The summed E-state index contributed by atoms with van der Waals surface area (Å²) in [6.45, 7) is 2.15. The molecule has 0 aliphatic carbocycles. The first-order chi connectivity index (χ1) is 15.8. The second-order valence-electron chi connectivity index (χ2n) is 7.42. The molecule has 12 nitrogen and oxygen atoms in total. The van der Waals surface area contributed by atoms with Crippen LogP contribution in [-0.2, 0) is 20.8 Å².